The summed E-state index contributed by atoms with van der Waals surface area (Å²) in [5.41, 5.74) is -0.441. The number of piperidine rings is 3. The summed E-state index contributed by atoms with van der Waals surface area (Å²) in [6, 6.07) is 1.41. The molecule has 1 aromatic rings. The molecule has 3 aliphatic heterocycles. The van der Waals surface area contributed by atoms with Gasteiger partial charge in [0.15, 0.2) is 0 Å². The Hall–Kier alpha value is -2.09. The summed E-state index contributed by atoms with van der Waals surface area (Å²) < 4.78 is 4.83. The number of aromatic amines is 1. The number of carbonyl (C=O) groups is 2. The van der Waals surface area contributed by atoms with E-state index in [2.05, 4.69) is 15.8 Å². The van der Waals surface area contributed by atoms with Gasteiger partial charge in [-0.05, 0) is 37.6 Å². The smallest absolute Gasteiger partial charge is 0.290 e. The minimum atomic E-state index is -0.441. The molecule has 4 heterocycles. The predicted molar refractivity (Wildman–Crippen MR) is 84.4 cm³/mol. The van der Waals surface area contributed by atoms with Gasteiger partial charge in [0.1, 0.15) is 0 Å². The molecule has 3 fully saturated rings. The van der Waals surface area contributed by atoms with Gasteiger partial charge in [-0.2, -0.15) is 5.16 Å². The van der Waals surface area contributed by atoms with Crippen molar-refractivity contribution in [1.29, 1.82) is 0 Å². The van der Waals surface area contributed by atoms with Crippen molar-refractivity contribution in [1.82, 2.24) is 20.7 Å². The number of amides is 2. The van der Waals surface area contributed by atoms with E-state index in [1.54, 1.807) is 0 Å². The van der Waals surface area contributed by atoms with Crippen molar-refractivity contribution >= 4 is 11.8 Å². The number of hydrogen-bond acceptors (Lipinski definition) is 5. The fourth-order valence-corrected chi connectivity index (χ4v) is 4.58. The highest BCUT2D eigenvalue weighted by molar-refractivity contribution is 5.91. The summed E-state index contributed by atoms with van der Waals surface area (Å²) in [7, 11) is 0. The highest BCUT2D eigenvalue weighted by Gasteiger charge is 2.47. The van der Waals surface area contributed by atoms with Gasteiger partial charge in [-0.25, -0.2) is 0 Å². The van der Waals surface area contributed by atoms with E-state index in [4.69, 9.17) is 4.52 Å². The zero-order valence-corrected chi connectivity index (χ0v) is 13.4. The lowest BCUT2D eigenvalue weighted by atomic mass is 9.72. The number of aromatic nitrogens is 1. The third kappa shape index (κ3) is 2.64. The average molecular weight is 334 g/mol. The molecule has 8 heteroatoms. The maximum absolute atomic E-state index is 12.5. The fraction of sp³-hybridized carbons (Fsp3) is 0.688. The van der Waals surface area contributed by atoms with Crippen LogP contribution in [0.15, 0.2) is 15.4 Å². The molecule has 1 aromatic heterocycles. The van der Waals surface area contributed by atoms with Crippen LogP contribution in [0.3, 0.4) is 0 Å². The van der Waals surface area contributed by atoms with Crippen LogP contribution in [0.2, 0.25) is 0 Å². The minimum absolute atomic E-state index is 0.00136. The van der Waals surface area contributed by atoms with Crippen LogP contribution in [-0.2, 0) is 4.79 Å². The van der Waals surface area contributed by atoms with Crippen LogP contribution in [0, 0.1) is 11.8 Å². The maximum Gasteiger partial charge on any atom is 0.290 e. The Morgan fingerprint density at radius 2 is 2.17 bits per heavy atom. The molecule has 0 saturated carbocycles. The largest absolute Gasteiger partial charge is 0.373 e. The molecule has 24 heavy (non-hydrogen) atoms. The van der Waals surface area contributed by atoms with Crippen LogP contribution in [-0.4, -0.2) is 53.6 Å². The Bertz CT molecular complexity index is 696. The molecule has 0 aromatic carbocycles. The topological polar surface area (TPSA) is 107 Å². The van der Waals surface area contributed by atoms with E-state index in [1.165, 1.54) is 0 Å². The number of fused-ring (bicyclic) bond motifs is 4. The highest BCUT2D eigenvalue weighted by atomic mass is 16.5. The Morgan fingerprint density at radius 3 is 2.96 bits per heavy atom. The second-order valence-corrected chi connectivity index (χ2v) is 7.03. The summed E-state index contributed by atoms with van der Waals surface area (Å²) in [4.78, 5) is 37.8. The Balaban J connectivity index is 1.50. The summed E-state index contributed by atoms with van der Waals surface area (Å²) in [5, 5.41) is 8.41. The first-order chi connectivity index (χ1) is 11.6. The van der Waals surface area contributed by atoms with Gasteiger partial charge in [0.2, 0.25) is 11.7 Å². The predicted octanol–water partition coefficient (Wildman–Crippen LogP) is -0.313. The normalized spacial score (nSPS) is 32.3. The van der Waals surface area contributed by atoms with Gasteiger partial charge in [-0.15, -0.1) is 0 Å². The van der Waals surface area contributed by atoms with Crippen molar-refractivity contribution in [2.24, 2.45) is 11.8 Å². The first kappa shape index (κ1) is 15.4. The molecular weight excluding hydrogens is 312 g/mol. The molecule has 0 unspecified atom stereocenters. The van der Waals surface area contributed by atoms with Crippen LogP contribution < -0.4 is 16.2 Å². The monoisotopic (exact) mass is 334 g/mol. The van der Waals surface area contributed by atoms with Gasteiger partial charge < -0.3 is 20.1 Å². The van der Waals surface area contributed by atoms with Gasteiger partial charge in [0.25, 0.3) is 11.5 Å². The van der Waals surface area contributed by atoms with Crippen molar-refractivity contribution in [3.8, 4) is 0 Å². The van der Waals surface area contributed by atoms with E-state index in [1.807, 2.05) is 4.90 Å². The van der Waals surface area contributed by atoms with Crippen molar-refractivity contribution < 1.29 is 14.1 Å². The molecule has 4 rings (SSSR count). The molecule has 0 radical (unpaired) electrons. The van der Waals surface area contributed by atoms with Gasteiger partial charge in [-0.3, -0.25) is 14.4 Å². The Morgan fingerprint density at radius 1 is 1.33 bits per heavy atom. The zero-order chi connectivity index (χ0) is 16.7. The first-order valence-corrected chi connectivity index (χ1v) is 8.62. The molecule has 4 atom stereocenters. The molecule has 0 aliphatic carbocycles. The average Bonchev–Trinajstić information content (AvgIpc) is 3.02. The quantitative estimate of drug-likeness (QED) is 0.703. The summed E-state index contributed by atoms with van der Waals surface area (Å²) in [5.74, 6) is 0.607. The van der Waals surface area contributed by atoms with Crippen molar-refractivity contribution in [3.63, 3.8) is 0 Å². The van der Waals surface area contributed by atoms with Gasteiger partial charge >= 0.3 is 0 Å². The standard InChI is InChI=1S/C16H22N4O4/c21-14-5-13(24-19-14)16(23)18-8-12-10-4-9(6-17-7-10)11-2-1-3-15(22)20(11)12/h5,9-12,17H,1-4,6-8H2,(H,18,23)(H,19,21)/t9-,10+,11+,12+/m1/s1. The molecule has 8 nitrogen and oxygen atoms in total. The molecule has 130 valence electrons. The summed E-state index contributed by atoms with van der Waals surface area (Å²) >= 11 is 0. The lowest BCUT2D eigenvalue weighted by Crippen LogP contribution is -2.66. The molecule has 0 spiro atoms. The van der Waals surface area contributed by atoms with Crippen LogP contribution in [0.5, 0.6) is 0 Å². The maximum atomic E-state index is 12.5. The van der Waals surface area contributed by atoms with Crippen LogP contribution in [0.1, 0.15) is 36.2 Å². The minimum Gasteiger partial charge on any atom is -0.373 e. The van der Waals surface area contributed by atoms with Gasteiger partial charge in [0, 0.05) is 25.6 Å². The van der Waals surface area contributed by atoms with Gasteiger partial charge in [-0.1, -0.05) is 0 Å². The van der Waals surface area contributed by atoms with Crippen LogP contribution in [0.25, 0.3) is 0 Å². The lowest BCUT2D eigenvalue weighted by molar-refractivity contribution is -0.148. The zero-order valence-electron chi connectivity index (χ0n) is 13.4. The van der Waals surface area contributed by atoms with E-state index in [9.17, 15) is 14.4 Å². The van der Waals surface area contributed by atoms with E-state index in [0.717, 1.165) is 38.4 Å². The third-order valence-corrected chi connectivity index (χ3v) is 5.62. The molecule has 3 N–H and O–H groups in total. The molecule has 2 bridgehead atoms. The van der Waals surface area contributed by atoms with E-state index in [-0.39, 0.29) is 23.8 Å². The molecule has 2 amide bonds. The van der Waals surface area contributed by atoms with Crippen molar-refractivity contribution in [3.05, 3.63) is 22.2 Å². The first-order valence-electron chi connectivity index (χ1n) is 8.62. The number of nitrogens with one attached hydrogen (secondary N) is 3. The number of rotatable bonds is 3. The van der Waals surface area contributed by atoms with E-state index >= 15 is 0 Å². The van der Waals surface area contributed by atoms with Gasteiger partial charge in [0.05, 0.1) is 12.1 Å². The number of nitrogens with zero attached hydrogens (tertiary/aromatic N) is 1. The third-order valence-electron chi connectivity index (χ3n) is 5.62. The van der Waals surface area contributed by atoms with Crippen molar-refractivity contribution in [2.45, 2.75) is 37.8 Å². The van der Waals surface area contributed by atoms with E-state index < -0.39 is 11.5 Å². The second kappa shape index (κ2) is 6.08. The molecule has 3 saturated heterocycles. The number of hydrogen-bond donors (Lipinski definition) is 3. The highest BCUT2D eigenvalue weighted by Crippen LogP contribution is 2.39. The van der Waals surface area contributed by atoms with Crippen LogP contribution >= 0.6 is 0 Å². The molecule has 3 aliphatic rings. The SMILES string of the molecule is O=C(NC[C@H]1[C@@H]2CNC[C@@H](C2)[C@@H]2CCCC(=O)N21)c1cc(=O)[nH]o1. The second-order valence-electron chi connectivity index (χ2n) is 7.03. The number of H-pyrrole nitrogens is 1. The Labute approximate surface area is 138 Å². The summed E-state index contributed by atoms with van der Waals surface area (Å²) in [6.07, 6.45) is 3.69. The number of carbonyl (C=O) groups excluding carboxylic acids is 2. The van der Waals surface area contributed by atoms with Crippen LogP contribution in [0.4, 0.5) is 0 Å². The fourth-order valence-electron chi connectivity index (χ4n) is 4.58. The molecular formula is C16H22N4O4. The Kier molecular flexibility index (Phi) is 3.91. The summed E-state index contributed by atoms with van der Waals surface area (Å²) in [6.45, 7) is 2.22. The van der Waals surface area contributed by atoms with Crippen molar-refractivity contribution in [2.75, 3.05) is 19.6 Å². The van der Waals surface area contributed by atoms with E-state index in [0.29, 0.717) is 24.8 Å². The lowest BCUT2D eigenvalue weighted by Gasteiger charge is -2.54.